The third kappa shape index (κ3) is 5.67. The number of likely N-dealkylation sites (N-methyl/N-ethyl adjacent to an activating group) is 1. The Morgan fingerprint density at radius 3 is 2.58 bits per heavy atom. The lowest BCUT2D eigenvalue weighted by molar-refractivity contribution is -0.323. The number of alkyl halides is 3. The van der Waals surface area contributed by atoms with Crippen molar-refractivity contribution in [1.29, 1.82) is 0 Å². The van der Waals surface area contributed by atoms with Gasteiger partial charge in [-0.05, 0) is 32.9 Å². The summed E-state index contributed by atoms with van der Waals surface area (Å²) in [5, 5.41) is 3.10. The summed E-state index contributed by atoms with van der Waals surface area (Å²) in [6.07, 6.45) is 0.0811. The van der Waals surface area contributed by atoms with Gasteiger partial charge in [0.2, 0.25) is 0 Å². The molecule has 0 bridgehead atoms. The van der Waals surface area contributed by atoms with Crippen LogP contribution in [0.15, 0.2) is 0 Å². The van der Waals surface area contributed by atoms with Gasteiger partial charge in [0.1, 0.15) is 0 Å². The van der Waals surface area contributed by atoms with Crippen LogP contribution in [0.25, 0.3) is 0 Å². The zero-order chi connectivity index (χ0) is 14.5. The molecule has 2 unspecified atom stereocenters. The number of nitrogens with zero attached hydrogens (tertiary/aromatic N) is 1. The van der Waals surface area contributed by atoms with E-state index in [4.69, 9.17) is 0 Å². The van der Waals surface area contributed by atoms with Crippen LogP contribution in [0.4, 0.5) is 13.2 Å². The van der Waals surface area contributed by atoms with Crippen molar-refractivity contribution in [2.45, 2.75) is 44.5 Å². The minimum absolute atomic E-state index is 0.0654. The monoisotopic (exact) mass is 282 g/mol. The van der Waals surface area contributed by atoms with Gasteiger partial charge in [0, 0.05) is 18.6 Å². The second-order valence-corrected chi connectivity index (χ2v) is 5.79. The van der Waals surface area contributed by atoms with Crippen molar-refractivity contribution < 1.29 is 17.9 Å². The van der Waals surface area contributed by atoms with Gasteiger partial charge in [0.25, 0.3) is 0 Å². The number of hydrogen-bond acceptors (Lipinski definition) is 3. The molecule has 1 saturated carbocycles. The molecule has 0 saturated heterocycles. The fourth-order valence-electron chi connectivity index (χ4n) is 2.92. The second kappa shape index (κ2) is 6.90. The summed E-state index contributed by atoms with van der Waals surface area (Å²) in [5.74, 6) is 0.671. The van der Waals surface area contributed by atoms with E-state index in [0.29, 0.717) is 12.5 Å². The van der Waals surface area contributed by atoms with E-state index in [1.165, 1.54) is 12.8 Å². The Morgan fingerprint density at radius 1 is 1.37 bits per heavy atom. The van der Waals surface area contributed by atoms with Gasteiger partial charge in [-0.3, -0.25) is 4.74 Å². The van der Waals surface area contributed by atoms with Gasteiger partial charge < -0.3 is 10.2 Å². The minimum atomic E-state index is -4.53. The Kier molecular flexibility index (Phi) is 6.08. The van der Waals surface area contributed by atoms with E-state index >= 15 is 0 Å². The zero-order valence-electron chi connectivity index (χ0n) is 12.0. The summed E-state index contributed by atoms with van der Waals surface area (Å²) in [6, 6.07) is 0. The quantitative estimate of drug-likeness (QED) is 0.758. The van der Waals surface area contributed by atoms with Crippen LogP contribution in [0.2, 0.25) is 0 Å². The van der Waals surface area contributed by atoms with E-state index < -0.39 is 6.36 Å². The predicted molar refractivity (Wildman–Crippen MR) is 68.9 cm³/mol. The average molecular weight is 282 g/mol. The van der Waals surface area contributed by atoms with Crippen LogP contribution in [-0.4, -0.2) is 50.6 Å². The number of hydrogen-bond donors (Lipinski definition) is 1. The molecule has 1 fully saturated rings. The first-order valence-electron chi connectivity index (χ1n) is 6.84. The summed E-state index contributed by atoms with van der Waals surface area (Å²) >= 11 is 0. The molecule has 0 aliphatic heterocycles. The molecule has 1 aliphatic carbocycles. The molecule has 1 aliphatic rings. The van der Waals surface area contributed by atoms with Crippen molar-refractivity contribution in [3.8, 4) is 0 Å². The van der Waals surface area contributed by atoms with Gasteiger partial charge in [0.15, 0.2) is 0 Å². The smallest absolute Gasteiger partial charge is 0.313 e. The second-order valence-electron chi connectivity index (χ2n) is 5.79. The fraction of sp³-hybridized carbons (Fsp3) is 1.00. The number of rotatable bonds is 6. The van der Waals surface area contributed by atoms with Gasteiger partial charge >= 0.3 is 6.36 Å². The third-order valence-electron chi connectivity index (χ3n) is 4.01. The molecular formula is C13H25F3N2O. The highest BCUT2D eigenvalue weighted by Gasteiger charge is 2.36. The molecule has 1 N–H and O–H groups in total. The fourth-order valence-corrected chi connectivity index (χ4v) is 2.92. The summed E-state index contributed by atoms with van der Waals surface area (Å²) in [4.78, 5) is 2.21. The highest BCUT2D eigenvalue weighted by Crippen LogP contribution is 2.35. The maximum atomic E-state index is 11.8. The summed E-state index contributed by atoms with van der Waals surface area (Å²) < 4.78 is 39.3. The Hall–Kier alpha value is -0.330. The minimum Gasteiger partial charge on any atom is -0.313 e. The van der Waals surface area contributed by atoms with Crippen LogP contribution in [0.5, 0.6) is 0 Å². The molecule has 0 amide bonds. The SMILES string of the molecule is CC1CCCC(CNCCOC(F)(F)F)(N(C)C)C1. The first-order chi connectivity index (χ1) is 8.75. The van der Waals surface area contributed by atoms with Crippen LogP contribution < -0.4 is 5.32 Å². The average Bonchev–Trinajstić information content (AvgIpc) is 2.26. The summed E-state index contributed by atoms with van der Waals surface area (Å²) in [5.41, 5.74) is 0.0654. The normalized spacial score (nSPS) is 28.9. The molecule has 1 rings (SSSR count). The van der Waals surface area contributed by atoms with E-state index in [1.807, 2.05) is 14.1 Å². The van der Waals surface area contributed by atoms with Crippen LogP contribution >= 0.6 is 0 Å². The largest absolute Gasteiger partial charge is 0.522 e. The lowest BCUT2D eigenvalue weighted by atomic mass is 9.75. The highest BCUT2D eigenvalue weighted by molar-refractivity contribution is 4.94. The molecular weight excluding hydrogens is 257 g/mol. The van der Waals surface area contributed by atoms with Crippen LogP contribution in [-0.2, 0) is 4.74 Å². The Labute approximate surface area is 113 Å². The Morgan fingerprint density at radius 2 is 2.05 bits per heavy atom. The number of nitrogens with one attached hydrogen (secondary N) is 1. The van der Waals surface area contributed by atoms with Gasteiger partial charge in [-0.2, -0.15) is 0 Å². The molecule has 0 radical (unpaired) electrons. The van der Waals surface area contributed by atoms with Crippen LogP contribution in [0.3, 0.4) is 0 Å². The molecule has 0 aromatic heterocycles. The maximum Gasteiger partial charge on any atom is 0.522 e. The van der Waals surface area contributed by atoms with E-state index in [-0.39, 0.29) is 18.7 Å². The molecule has 0 heterocycles. The van der Waals surface area contributed by atoms with Crippen molar-refractivity contribution in [2.75, 3.05) is 33.8 Å². The van der Waals surface area contributed by atoms with Crippen molar-refractivity contribution >= 4 is 0 Å². The molecule has 114 valence electrons. The van der Waals surface area contributed by atoms with Gasteiger partial charge in [-0.15, -0.1) is 13.2 Å². The molecule has 0 aromatic carbocycles. The first kappa shape index (κ1) is 16.7. The van der Waals surface area contributed by atoms with Gasteiger partial charge in [-0.25, -0.2) is 0 Å². The number of ether oxygens (including phenoxy) is 1. The van der Waals surface area contributed by atoms with Crippen molar-refractivity contribution in [2.24, 2.45) is 5.92 Å². The van der Waals surface area contributed by atoms with E-state index in [9.17, 15) is 13.2 Å². The Balaban J connectivity index is 2.34. The van der Waals surface area contributed by atoms with Crippen LogP contribution in [0.1, 0.15) is 32.6 Å². The molecule has 0 aromatic rings. The zero-order valence-corrected chi connectivity index (χ0v) is 12.0. The van der Waals surface area contributed by atoms with Crippen molar-refractivity contribution in [1.82, 2.24) is 10.2 Å². The highest BCUT2D eigenvalue weighted by atomic mass is 19.4. The summed E-state index contributed by atoms with van der Waals surface area (Å²) in [7, 11) is 4.10. The molecule has 6 heteroatoms. The predicted octanol–water partition coefficient (Wildman–Crippen LogP) is 2.62. The molecule has 19 heavy (non-hydrogen) atoms. The van der Waals surface area contributed by atoms with Gasteiger partial charge in [-0.1, -0.05) is 19.8 Å². The molecule has 3 nitrogen and oxygen atoms in total. The molecule has 0 spiro atoms. The maximum absolute atomic E-state index is 11.8. The summed E-state index contributed by atoms with van der Waals surface area (Å²) in [6.45, 7) is 2.85. The standard InChI is InChI=1S/C13H25F3N2O/c1-11-5-4-6-12(9-11,18(2)3)10-17-7-8-19-13(14,15)16/h11,17H,4-10H2,1-3H3. The van der Waals surface area contributed by atoms with E-state index in [0.717, 1.165) is 12.8 Å². The Bertz CT molecular complexity index is 271. The first-order valence-corrected chi connectivity index (χ1v) is 6.84. The lowest BCUT2D eigenvalue weighted by Gasteiger charge is -2.45. The van der Waals surface area contributed by atoms with Gasteiger partial charge in [0.05, 0.1) is 6.61 Å². The number of halogens is 3. The van der Waals surface area contributed by atoms with Crippen molar-refractivity contribution in [3.63, 3.8) is 0 Å². The van der Waals surface area contributed by atoms with Crippen molar-refractivity contribution in [3.05, 3.63) is 0 Å². The third-order valence-corrected chi connectivity index (χ3v) is 4.01. The molecule has 2 atom stereocenters. The topological polar surface area (TPSA) is 24.5 Å². The van der Waals surface area contributed by atoms with Crippen LogP contribution in [0, 0.1) is 5.92 Å². The lowest BCUT2D eigenvalue weighted by Crippen LogP contribution is -2.54. The van der Waals surface area contributed by atoms with E-state index in [2.05, 4.69) is 21.9 Å². The van der Waals surface area contributed by atoms with E-state index in [1.54, 1.807) is 0 Å².